The van der Waals surface area contributed by atoms with E-state index in [0.29, 0.717) is 5.41 Å². The first-order chi connectivity index (χ1) is 6.78. The van der Waals surface area contributed by atoms with E-state index in [-0.39, 0.29) is 0 Å². The molecule has 2 aliphatic rings. The third-order valence-corrected chi connectivity index (χ3v) is 4.17. The molecule has 0 radical (unpaired) electrons. The SMILES string of the molecule is Brc1cccc(C23C=CC(CC2)C3)c1. The summed E-state index contributed by atoms with van der Waals surface area (Å²) < 4.78 is 1.20. The zero-order valence-corrected chi connectivity index (χ0v) is 9.63. The molecule has 2 unspecified atom stereocenters. The highest BCUT2D eigenvalue weighted by Gasteiger charge is 2.41. The number of rotatable bonds is 1. The van der Waals surface area contributed by atoms with Gasteiger partial charge in [-0.1, -0.05) is 40.2 Å². The molecular formula is C13H13Br. The van der Waals surface area contributed by atoms with Crippen LogP contribution >= 0.6 is 15.9 Å². The average molecular weight is 249 g/mol. The molecule has 1 aromatic rings. The van der Waals surface area contributed by atoms with Crippen LogP contribution in [0, 0.1) is 5.92 Å². The van der Waals surface area contributed by atoms with Gasteiger partial charge in [0.05, 0.1) is 0 Å². The Kier molecular flexibility index (Phi) is 1.85. The molecule has 3 rings (SSSR count). The summed E-state index contributed by atoms with van der Waals surface area (Å²) >= 11 is 3.55. The van der Waals surface area contributed by atoms with Crippen LogP contribution in [0.3, 0.4) is 0 Å². The van der Waals surface area contributed by atoms with E-state index >= 15 is 0 Å². The van der Waals surface area contributed by atoms with Crippen molar-refractivity contribution in [1.82, 2.24) is 0 Å². The molecule has 0 aliphatic heterocycles. The van der Waals surface area contributed by atoms with Gasteiger partial charge in [-0.2, -0.15) is 0 Å². The fourth-order valence-corrected chi connectivity index (χ4v) is 3.31. The van der Waals surface area contributed by atoms with Crippen LogP contribution in [0.4, 0.5) is 0 Å². The summed E-state index contributed by atoms with van der Waals surface area (Å²) in [5, 5.41) is 0. The first-order valence-electron chi connectivity index (χ1n) is 5.24. The molecule has 2 atom stereocenters. The van der Waals surface area contributed by atoms with E-state index in [2.05, 4.69) is 52.3 Å². The van der Waals surface area contributed by atoms with Gasteiger partial charge in [-0.25, -0.2) is 0 Å². The molecule has 0 nitrogen and oxygen atoms in total. The molecule has 0 amide bonds. The van der Waals surface area contributed by atoms with E-state index in [9.17, 15) is 0 Å². The molecule has 1 saturated carbocycles. The minimum atomic E-state index is 0.383. The zero-order chi connectivity index (χ0) is 9.60. The largest absolute Gasteiger partial charge is 0.0845 e. The van der Waals surface area contributed by atoms with Crippen LogP contribution in [0.2, 0.25) is 0 Å². The van der Waals surface area contributed by atoms with Crippen molar-refractivity contribution in [2.45, 2.75) is 24.7 Å². The lowest BCUT2D eigenvalue weighted by Gasteiger charge is -2.24. The summed E-state index contributed by atoms with van der Waals surface area (Å²) in [4.78, 5) is 0. The molecule has 2 bridgehead atoms. The fourth-order valence-electron chi connectivity index (χ4n) is 2.91. The molecule has 1 heteroatoms. The summed E-state index contributed by atoms with van der Waals surface area (Å²) in [5.74, 6) is 0.856. The summed E-state index contributed by atoms with van der Waals surface area (Å²) in [6.45, 7) is 0. The van der Waals surface area contributed by atoms with Crippen molar-refractivity contribution in [2.75, 3.05) is 0 Å². The summed E-state index contributed by atoms with van der Waals surface area (Å²) in [6.07, 6.45) is 8.89. The van der Waals surface area contributed by atoms with Gasteiger partial charge in [0.1, 0.15) is 0 Å². The standard InChI is InChI=1S/C13H13Br/c14-12-3-1-2-11(8-12)13-6-4-10(9-13)5-7-13/h1-4,6,8,10H,5,7,9H2. The Morgan fingerprint density at radius 3 is 2.86 bits per heavy atom. The van der Waals surface area contributed by atoms with Gasteiger partial charge in [0.25, 0.3) is 0 Å². The lowest BCUT2D eigenvalue weighted by Crippen LogP contribution is -2.16. The van der Waals surface area contributed by atoms with Crippen molar-refractivity contribution in [3.05, 3.63) is 46.5 Å². The Morgan fingerprint density at radius 1 is 1.36 bits per heavy atom. The average Bonchev–Trinajstić information content (AvgIpc) is 2.78. The molecule has 0 spiro atoms. The Hall–Kier alpha value is -0.560. The van der Waals surface area contributed by atoms with Crippen molar-refractivity contribution in [1.29, 1.82) is 0 Å². The van der Waals surface area contributed by atoms with E-state index in [1.54, 1.807) is 0 Å². The first kappa shape index (κ1) is 8.72. The van der Waals surface area contributed by atoms with E-state index in [1.165, 1.54) is 29.3 Å². The Morgan fingerprint density at radius 2 is 2.29 bits per heavy atom. The quantitative estimate of drug-likeness (QED) is 0.658. The lowest BCUT2D eigenvalue weighted by molar-refractivity contribution is 0.566. The summed E-state index contributed by atoms with van der Waals surface area (Å²) in [6, 6.07) is 8.79. The van der Waals surface area contributed by atoms with E-state index in [4.69, 9.17) is 0 Å². The number of benzene rings is 1. The molecule has 14 heavy (non-hydrogen) atoms. The van der Waals surface area contributed by atoms with Crippen LogP contribution in [0.25, 0.3) is 0 Å². The van der Waals surface area contributed by atoms with Gasteiger partial charge in [0.15, 0.2) is 0 Å². The second-order valence-electron chi connectivity index (χ2n) is 4.53. The number of halogens is 1. The Bertz CT molecular complexity index is 394. The second-order valence-corrected chi connectivity index (χ2v) is 5.44. The number of hydrogen-bond acceptors (Lipinski definition) is 0. The maximum absolute atomic E-state index is 3.55. The Labute approximate surface area is 93.2 Å². The second kappa shape index (κ2) is 2.96. The first-order valence-corrected chi connectivity index (χ1v) is 6.03. The molecule has 0 N–H and O–H groups in total. The van der Waals surface area contributed by atoms with Gasteiger partial charge >= 0.3 is 0 Å². The van der Waals surface area contributed by atoms with Crippen LogP contribution in [-0.2, 0) is 5.41 Å². The van der Waals surface area contributed by atoms with Crippen LogP contribution in [-0.4, -0.2) is 0 Å². The van der Waals surface area contributed by atoms with E-state index < -0.39 is 0 Å². The van der Waals surface area contributed by atoms with Crippen molar-refractivity contribution in [2.24, 2.45) is 5.92 Å². The van der Waals surface area contributed by atoms with Crippen molar-refractivity contribution in [3.63, 3.8) is 0 Å². The smallest absolute Gasteiger partial charge is 0.0178 e. The predicted molar refractivity (Wildman–Crippen MR) is 62.3 cm³/mol. The highest BCUT2D eigenvalue weighted by molar-refractivity contribution is 9.10. The fraction of sp³-hybridized carbons (Fsp3) is 0.385. The van der Waals surface area contributed by atoms with Gasteiger partial charge in [-0.05, 0) is 42.9 Å². The number of fused-ring (bicyclic) bond motifs is 2. The monoisotopic (exact) mass is 248 g/mol. The van der Waals surface area contributed by atoms with Gasteiger partial charge in [0.2, 0.25) is 0 Å². The molecule has 1 fully saturated rings. The maximum atomic E-state index is 3.55. The Balaban J connectivity index is 2.06. The molecular weight excluding hydrogens is 236 g/mol. The zero-order valence-electron chi connectivity index (χ0n) is 8.04. The van der Waals surface area contributed by atoms with Gasteiger partial charge < -0.3 is 0 Å². The summed E-state index contributed by atoms with van der Waals surface area (Å²) in [5.41, 5.74) is 1.87. The maximum Gasteiger partial charge on any atom is 0.0178 e. The predicted octanol–water partition coefficient (Wildman–Crippen LogP) is 4.06. The highest BCUT2D eigenvalue weighted by Crippen LogP contribution is 2.50. The molecule has 2 aliphatic carbocycles. The van der Waals surface area contributed by atoms with E-state index in [1.807, 2.05) is 0 Å². The molecule has 1 aromatic carbocycles. The van der Waals surface area contributed by atoms with Crippen LogP contribution in [0.15, 0.2) is 40.9 Å². The molecule has 72 valence electrons. The van der Waals surface area contributed by atoms with Crippen LogP contribution < -0.4 is 0 Å². The third kappa shape index (κ3) is 1.18. The lowest BCUT2D eigenvalue weighted by atomic mass is 9.80. The molecule has 0 heterocycles. The minimum absolute atomic E-state index is 0.383. The van der Waals surface area contributed by atoms with Crippen molar-refractivity contribution >= 4 is 15.9 Å². The highest BCUT2D eigenvalue weighted by atomic mass is 79.9. The third-order valence-electron chi connectivity index (χ3n) is 3.67. The van der Waals surface area contributed by atoms with Gasteiger partial charge in [0, 0.05) is 9.89 Å². The van der Waals surface area contributed by atoms with Gasteiger partial charge in [-0.3, -0.25) is 0 Å². The topological polar surface area (TPSA) is 0 Å². The minimum Gasteiger partial charge on any atom is -0.0845 e. The normalized spacial score (nSPS) is 33.9. The van der Waals surface area contributed by atoms with Gasteiger partial charge in [-0.15, -0.1) is 0 Å². The van der Waals surface area contributed by atoms with Crippen molar-refractivity contribution < 1.29 is 0 Å². The molecule has 0 saturated heterocycles. The number of hydrogen-bond donors (Lipinski definition) is 0. The molecule has 0 aromatic heterocycles. The van der Waals surface area contributed by atoms with Crippen LogP contribution in [0.5, 0.6) is 0 Å². The van der Waals surface area contributed by atoms with E-state index in [0.717, 1.165) is 5.92 Å². The number of allylic oxidation sites excluding steroid dienone is 2. The van der Waals surface area contributed by atoms with Crippen LogP contribution in [0.1, 0.15) is 24.8 Å². The van der Waals surface area contributed by atoms with Crippen molar-refractivity contribution in [3.8, 4) is 0 Å². The summed E-state index contributed by atoms with van der Waals surface area (Å²) in [7, 11) is 0.